The Kier molecular flexibility index (Phi) is 3.21. The van der Waals surface area contributed by atoms with Gasteiger partial charge in [0.05, 0.1) is 7.11 Å². The normalized spacial score (nSPS) is 21.6. The van der Waals surface area contributed by atoms with Gasteiger partial charge in [0.15, 0.2) is 0 Å². The van der Waals surface area contributed by atoms with Gasteiger partial charge >= 0.3 is 0 Å². The second kappa shape index (κ2) is 4.87. The highest BCUT2D eigenvalue weighted by atomic mass is 32.1. The van der Waals surface area contributed by atoms with Gasteiger partial charge in [0.1, 0.15) is 17.6 Å². The maximum absolute atomic E-state index is 6.27. The summed E-state index contributed by atoms with van der Waals surface area (Å²) in [7, 11) is 1.66. The fourth-order valence-corrected chi connectivity index (χ4v) is 3.45. The lowest BCUT2D eigenvalue weighted by Crippen LogP contribution is -2.24. The lowest BCUT2D eigenvalue weighted by molar-refractivity contribution is 0.163. The predicted molar refractivity (Wildman–Crippen MR) is 77.0 cm³/mol. The molecule has 2 N–H and O–H groups in total. The third-order valence-electron chi connectivity index (χ3n) is 3.55. The third-order valence-corrected chi connectivity index (χ3v) is 4.66. The molecule has 0 saturated carbocycles. The quantitative estimate of drug-likeness (QED) is 0.911. The predicted octanol–water partition coefficient (Wildman–Crippen LogP) is 3.59. The van der Waals surface area contributed by atoms with Crippen molar-refractivity contribution < 1.29 is 9.47 Å². The first-order valence-electron chi connectivity index (χ1n) is 6.33. The highest BCUT2D eigenvalue weighted by Gasteiger charge is 2.28. The summed E-state index contributed by atoms with van der Waals surface area (Å²) in [5.41, 5.74) is 8.60. The smallest absolute Gasteiger partial charge is 0.135 e. The molecule has 0 aliphatic carbocycles. The fraction of sp³-hybridized carbons (Fsp3) is 0.333. The SMILES string of the molecule is COc1ccc2c(c1)OC(c1sccc1C)C[C@@H]2N. The molecule has 0 radical (unpaired) electrons. The van der Waals surface area contributed by atoms with Gasteiger partial charge in [0.2, 0.25) is 0 Å². The number of benzene rings is 1. The molecule has 1 aliphatic rings. The van der Waals surface area contributed by atoms with Gasteiger partial charge in [0, 0.05) is 29.0 Å². The summed E-state index contributed by atoms with van der Waals surface area (Å²) >= 11 is 1.73. The van der Waals surface area contributed by atoms with E-state index >= 15 is 0 Å². The minimum atomic E-state index is 0.0150. The van der Waals surface area contributed by atoms with Crippen molar-refractivity contribution >= 4 is 11.3 Å². The molecule has 100 valence electrons. The Balaban J connectivity index is 1.96. The molecule has 3 nitrogen and oxygen atoms in total. The summed E-state index contributed by atoms with van der Waals surface area (Å²) in [6.45, 7) is 2.11. The molecule has 1 aromatic heterocycles. The van der Waals surface area contributed by atoms with E-state index in [2.05, 4.69) is 18.4 Å². The molecule has 2 heterocycles. The molecule has 3 rings (SSSR count). The lowest BCUT2D eigenvalue weighted by Gasteiger charge is -2.30. The van der Waals surface area contributed by atoms with Crippen LogP contribution in [0.3, 0.4) is 0 Å². The first kappa shape index (κ1) is 12.5. The maximum Gasteiger partial charge on any atom is 0.135 e. The van der Waals surface area contributed by atoms with Crippen LogP contribution in [0.2, 0.25) is 0 Å². The van der Waals surface area contributed by atoms with Crippen LogP contribution in [-0.4, -0.2) is 7.11 Å². The minimum absolute atomic E-state index is 0.0150. The number of methoxy groups -OCH3 is 1. The highest BCUT2D eigenvalue weighted by molar-refractivity contribution is 7.10. The molecule has 0 spiro atoms. The van der Waals surface area contributed by atoms with Crippen LogP contribution < -0.4 is 15.2 Å². The van der Waals surface area contributed by atoms with Crippen LogP contribution in [0, 0.1) is 6.92 Å². The van der Waals surface area contributed by atoms with Crippen molar-refractivity contribution in [2.45, 2.75) is 25.5 Å². The summed E-state index contributed by atoms with van der Waals surface area (Å²) in [5, 5.41) is 2.10. The standard InChI is InChI=1S/C15H17NO2S/c1-9-5-6-19-15(9)14-8-12(16)11-4-3-10(17-2)7-13(11)18-14/h3-7,12,14H,8,16H2,1-2H3/t12-,14?/m0/s1. The van der Waals surface area contributed by atoms with E-state index < -0.39 is 0 Å². The van der Waals surface area contributed by atoms with Gasteiger partial charge in [-0.15, -0.1) is 11.3 Å². The number of aryl methyl sites for hydroxylation is 1. The molecule has 1 aromatic carbocycles. The molecule has 1 aliphatic heterocycles. The first-order chi connectivity index (χ1) is 9.19. The van der Waals surface area contributed by atoms with Crippen molar-refractivity contribution in [2.75, 3.05) is 7.11 Å². The van der Waals surface area contributed by atoms with E-state index in [1.54, 1.807) is 18.4 Å². The topological polar surface area (TPSA) is 44.5 Å². The van der Waals surface area contributed by atoms with Crippen molar-refractivity contribution in [3.63, 3.8) is 0 Å². The number of fused-ring (bicyclic) bond motifs is 1. The Labute approximate surface area is 117 Å². The molecule has 2 atom stereocenters. The van der Waals surface area contributed by atoms with Crippen LogP contribution in [-0.2, 0) is 0 Å². The van der Waals surface area contributed by atoms with Crippen molar-refractivity contribution in [1.29, 1.82) is 0 Å². The van der Waals surface area contributed by atoms with Gasteiger partial charge in [-0.1, -0.05) is 6.07 Å². The van der Waals surface area contributed by atoms with Crippen molar-refractivity contribution in [2.24, 2.45) is 5.73 Å². The summed E-state index contributed by atoms with van der Waals surface area (Å²) in [5.74, 6) is 1.64. The molecule has 4 heteroatoms. The van der Waals surface area contributed by atoms with Gasteiger partial charge in [-0.25, -0.2) is 0 Å². The maximum atomic E-state index is 6.27. The van der Waals surface area contributed by atoms with E-state index in [0.717, 1.165) is 23.5 Å². The Hall–Kier alpha value is -1.52. The van der Waals surface area contributed by atoms with Gasteiger partial charge in [0.25, 0.3) is 0 Å². The molecular weight excluding hydrogens is 258 g/mol. The molecule has 1 unspecified atom stereocenters. The van der Waals surface area contributed by atoms with E-state index in [9.17, 15) is 0 Å². The highest BCUT2D eigenvalue weighted by Crippen LogP contribution is 2.43. The number of hydrogen-bond donors (Lipinski definition) is 1. The van der Waals surface area contributed by atoms with E-state index in [1.807, 2.05) is 18.2 Å². The fourth-order valence-electron chi connectivity index (χ4n) is 2.48. The molecule has 0 amide bonds. The van der Waals surface area contributed by atoms with Gasteiger partial charge in [-0.2, -0.15) is 0 Å². The first-order valence-corrected chi connectivity index (χ1v) is 7.21. The van der Waals surface area contributed by atoms with Crippen molar-refractivity contribution in [3.05, 3.63) is 45.6 Å². The second-order valence-corrected chi connectivity index (χ2v) is 5.77. The largest absolute Gasteiger partial charge is 0.497 e. The minimum Gasteiger partial charge on any atom is -0.497 e. The Morgan fingerprint density at radius 2 is 2.21 bits per heavy atom. The number of rotatable bonds is 2. The van der Waals surface area contributed by atoms with Crippen LogP contribution in [0.4, 0.5) is 0 Å². The summed E-state index contributed by atoms with van der Waals surface area (Å²) in [4.78, 5) is 1.27. The average molecular weight is 275 g/mol. The second-order valence-electron chi connectivity index (χ2n) is 4.82. The molecule has 0 fully saturated rings. The van der Waals surface area contributed by atoms with E-state index in [1.165, 1.54) is 10.4 Å². The van der Waals surface area contributed by atoms with Gasteiger partial charge < -0.3 is 15.2 Å². The summed E-state index contributed by atoms with van der Waals surface area (Å²) in [6, 6.07) is 7.98. The van der Waals surface area contributed by atoms with Crippen molar-refractivity contribution in [3.8, 4) is 11.5 Å². The van der Waals surface area contributed by atoms with Crippen molar-refractivity contribution in [1.82, 2.24) is 0 Å². The number of hydrogen-bond acceptors (Lipinski definition) is 4. The Morgan fingerprint density at radius 3 is 2.89 bits per heavy atom. The average Bonchev–Trinajstić information content (AvgIpc) is 2.84. The van der Waals surface area contributed by atoms with Crippen LogP contribution in [0.5, 0.6) is 11.5 Å². The summed E-state index contributed by atoms with van der Waals surface area (Å²) < 4.78 is 11.4. The molecule has 0 saturated heterocycles. The van der Waals surface area contributed by atoms with Crippen LogP contribution in [0.15, 0.2) is 29.6 Å². The van der Waals surface area contributed by atoms with E-state index in [0.29, 0.717) is 0 Å². The zero-order valence-corrected chi connectivity index (χ0v) is 11.9. The summed E-state index contributed by atoms with van der Waals surface area (Å²) in [6.07, 6.45) is 0.871. The van der Waals surface area contributed by atoms with Gasteiger partial charge in [-0.05, 0) is 30.0 Å². The third kappa shape index (κ3) is 2.22. The van der Waals surface area contributed by atoms with E-state index in [4.69, 9.17) is 15.2 Å². The van der Waals surface area contributed by atoms with Crippen LogP contribution in [0.1, 0.15) is 34.6 Å². The number of ether oxygens (including phenoxy) is 2. The number of thiophene rings is 1. The zero-order valence-electron chi connectivity index (χ0n) is 11.1. The molecular formula is C15H17NO2S. The molecule has 0 bridgehead atoms. The molecule has 19 heavy (non-hydrogen) atoms. The zero-order chi connectivity index (χ0) is 13.4. The Bertz CT molecular complexity index is 594. The van der Waals surface area contributed by atoms with Crippen LogP contribution >= 0.6 is 11.3 Å². The van der Waals surface area contributed by atoms with Crippen LogP contribution in [0.25, 0.3) is 0 Å². The lowest BCUT2D eigenvalue weighted by atomic mass is 9.95. The molecule has 2 aromatic rings. The Morgan fingerprint density at radius 1 is 1.37 bits per heavy atom. The monoisotopic (exact) mass is 275 g/mol. The number of nitrogens with two attached hydrogens (primary N) is 1. The van der Waals surface area contributed by atoms with E-state index in [-0.39, 0.29) is 12.1 Å². The van der Waals surface area contributed by atoms with Gasteiger partial charge in [-0.3, -0.25) is 0 Å².